The molecule has 0 spiro atoms. The number of hydrogen-bond donors (Lipinski definition) is 2. The molecule has 2 aromatic rings. The van der Waals surface area contributed by atoms with Crippen LogP contribution >= 0.6 is 11.3 Å². The molecule has 2 rings (SSSR count). The van der Waals surface area contributed by atoms with E-state index in [0.29, 0.717) is 17.0 Å². The smallest absolute Gasteiger partial charge is 0.348 e. The lowest BCUT2D eigenvalue weighted by Crippen LogP contribution is -2.39. The van der Waals surface area contributed by atoms with Crippen LogP contribution in [0.3, 0.4) is 0 Å². The topological polar surface area (TPSA) is 90.4 Å². The summed E-state index contributed by atoms with van der Waals surface area (Å²) in [6.45, 7) is 6.55. The van der Waals surface area contributed by atoms with Gasteiger partial charge in [-0.1, -0.05) is 12.7 Å². The van der Waals surface area contributed by atoms with Gasteiger partial charge in [0.15, 0.2) is 0 Å². The molecule has 0 aliphatic rings. The van der Waals surface area contributed by atoms with Crippen LogP contribution in [0.4, 0.5) is 13.2 Å². The molecule has 2 amide bonds. The van der Waals surface area contributed by atoms with Gasteiger partial charge in [-0.25, -0.2) is 4.79 Å². The summed E-state index contributed by atoms with van der Waals surface area (Å²) in [4.78, 5) is 38.5. The standard InChI is InChI=1S/C13H15F3N2OS.C10H17N3O2/c1-3-10(11-4-5-20-8-11)7-18(9-13(14,15)16)12(19)6-17-2;1-8-6-13(10(15)11-8)9(2)4-5-12(3)7-14/h3-5,7-8,17H,1,6,9H2,2H3;6-7,9H,4-5H2,1-3H3,(H,11,15)/b10-7+;. The normalized spacial score (nSPS) is 12.4. The average Bonchev–Trinajstić information content (AvgIpc) is 3.43. The van der Waals surface area contributed by atoms with Crippen LogP contribution in [0.2, 0.25) is 0 Å². The largest absolute Gasteiger partial charge is 0.406 e. The number of likely N-dealkylation sites (N-methyl/N-ethyl adjacent to an activating group) is 1. The Morgan fingerprint density at radius 2 is 2.09 bits per heavy atom. The van der Waals surface area contributed by atoms with Crippen molar-refractivity contribution in [2.45, 2.75) is 32.5 Å². The summed E-state index contributed by atoms with van der Waals surface area (Å²) >= 11 is 1.42. The summed E-state index contributed by atoms with van der Waals surface area (Å²) in [5.74, 6) is -0.653. The molecule has 0 radical (unpaired) electrons. The fourth-order valence-electron chi connectivity index (χ4n) is 2.94. The summed E-state index contributed by atoms with van der Waals surface area (Å²) < 4.78 is 39.3. The quantitative estimate of drug-likeness (QED) is 0.355. The third kappa shape index (κ3) is 10.8. The number of carbonyl (C=O) groups excluding carboxylic acids is 2. The fourth-order valence-corrected chi connectivity index (χ4v) is 3.60. The van der Waals surface area contributed by atoms with Crippen molar-refractivity contribution in [2.24, 2.45) is 0 Å². The average molecular weight is 516 g/mol. The van der Waals surface area contributed by atoms with Gasteiger partial charge in [0.25, 0.3) is 0 Å². The molecule has 0 aromatic carbocycles. The lowest BCUT2D eigenvalue weighted by molar-refractivity contribution is -0.155. The van der Waals surface area contributed by atoms with Crippen molar-refractivity contribution in [3.05, 3.63) is 63.6 Å². The Hall–Kier alpha value is -3.12. The molecule has 12 heteroatoms. The van der Waals surface area contributed by atoms with Gasteiger partial charge >= 0.3 is 11.9 Å². The number of nitrogens with zero attached hydrogens (tertiary/aromatic N) is 3. The number of halogens is 3. The highest BCUT2D eigenvalue weighted by molar-refractivity contribution is 7.08. The molecular weight excluding hydrogens is 483 g/mol. The van der Waals surface area contributed by atoms with Crippen LogP contribution in [0.1, 0.15) is 30.6 Å². The molecule has 0 bridgehead atoms. The molecular formula is C23H32F3N5O3S. The van der Waals surface area contributed by atoms with Gasteiger partial charge in [-0.3, -0.25) is 14.2 Å². The van der Waals surface area contributed by atoms with Crippen LogP contribution < -0.4 is 11.0 Å². The number of rotatable bonds is 11. The number of aryl methyl sites for hydroxylation is 1. The van der Waals surface area contributed by atoms with E-state index in [4.69, 9.17) is 0 Å². The zero-order chi connectivity index (χ0) is 26.6. The summed E-state index contributed by atoms with van der Waals surface area (Å²) in [7, 11) is 3.23. The molecule has 2 heterocycles. The molecule has 0 saturated carbocycles. The van der Waals surface area contributed by atoms with Crippen LogP contribution in [0.25, 0.3) is 5.57 Å². The van der Waals surface area contributed by atoms with Crippen LogP contribution in [0, 0.1) is 6.92 Å². The second-order valence-electron chi connectivity index (χ2n) is 7.84. The number of nitrogens with one attached hydrogen (secondary N) is 2. The summed E-state index contributed by atoms with van der Waals surface area (Å²) in [5, 5.41) is 6.13. The minimum Gasteiger partial charge on any atom is -0.348 e. The van der Waals surface area contributed by atoms with Crippen LogP contribution in [0.15, 0.2) is 46.7 Å². The van der Waals surface area contributed by atoms with Gasteiger partial charge in [-0.2, -0.15) is 24.5 Å². The lowest BCUT2D eigenvalue weighted by atomic mass is 10.1. The molecule has 194 valence electrons. The molecule has 1 atom stereocenters. The number of aromatic nitrogens is 2. The molecule has 0 aliphatic heterocycles. The van der Waals surface area contributed by atoms with Gasteiger partial charge in [0.2, 0.25) is 12.3 Å². The first-order chi connectivity index (χ1) is 16.4. The summed E-state index contributed by atoms with van der Waals surface area (Å²) in [5.41, 5.74) is 1.97. The number of carbonyl (C=O) groups is 2. The molecule has 2 N–H and O–H groups in total. The third-order valence-corrected chi connectivity index (χ3v) is 5.48. The Kier molecular flexibility index (Phi) is 12.2. The van der Waals surface area contributed by atoms with E-state index in [1.165, 1.54) is 30.7 Å². The molecule has 8 nitrogen and oxygen atoms in total. The number of thiophene rings is 1. The van der Waals surface area contributed by atoms with Crippen molar-refractivity contribution in [1.82, 2.24) is 24.7 Å². The number of hydrogen-bond acceptors (Lipinski definition) is 5. The number of H-pyrrole nitrogens is 1. The number of allylic oxidation sites excluding steroid dienone is 2. The second-order valence-corrected chi connectivity index (χ2v) is 8.62. The summed E-state index contributed by atoms with van der Waals surface area (Å²) in [6, 6.07) is 1.86. The van der Waals surface area contributed by atoms with Crippen molar-refractivity contribution in [1.29, 1.82) is 0 Å². The molecule has 1 unspecified atom stereocenters. The first-order valence-electron chi connectivity index (χ1n) is 10.7. The number of aromatic amines is 1. The maximum atomic E-state index is 12.5. The fraction of sp³-hybridized carbons (Fsp3) is 0.435. The van der Waals surface area contributed by atoms with Crippen molar-refractivity contribution >= 4 is 29.2 Å². The maximum Gasteiger partial charge on any atom is 0.406 e. The Bertz CT molecular complexity index is 1030. The molecule has 0 saturated heterocycles. The third-order valence-electron chi connectivity index (χ3n) is 4.79. The minimum absolute atomic E-state index is 0.0891. The molecule has 35 heavy (non-hydrogen) atoms. The zero-order valence-corrected chi connectivity index (χ0v) is 21.1. The molecule has 2 aromatic heterocycles. The monoisotopic (exact) mass is 515 g/mol. The van der Waals surface area contributed by atoms with Gasteiger partial charge in [-0.05, 0) is 55.3 Å². The van der Waals surface area contributed by atoms with E-state index in [9.17, 15) is 27.6 Å². The highest BCUT2D eigenvalue weighted by atomic mass is 32.1. The van der Waals surface area contributed by atoms with Crippen molar-refractivity contribution < 1.29 is 22.8 Å². The highest BCUT2D eigenvalue weighted by Crippen LogP contribution is 2.22. The number of imidazole rings is 1. The molecule has 0 aliphatic carbocycles. The number of alkyl halides is 3. The van der Waals surface area contributed by atoms with E-state index < -0.39 is 18.6 Å². The first-order valence-corrected chi connectivity index (χ1v) is 11.7. The molecule has 0 fully saturated rings. The van der Waals surface area contributed by atoms with Crippen molar-refractivity contribution in [2.75, 3.05) is 33.7 Å². The van der Waals surface area contributed by atoms with Gasteiger partial charge in [0.1, 0.15) is 6.54 Å². The van der Waals surface area contributed by atoms with Crippen LogP contribution in [-0.2, 0) is 9.59 Å². The Balaban J connectivity index is 0.000000365. The van der Waals surface area contributed by atoms with E-state index in [-0.39, 0.29) is 18.3 Å². The van der Waals surface area contributed by atoms with Gasteiger partial charge < -0.3 is 20.1 Å². The maximum absolute atomic E-state index is 12.5. The van der Waals surface area contributed by atoms with E-state index in [2.05, 4.69) is 16.9 Å². The number of amides is 2. The lowest BCUT2D eigenvalue weighted by Gasteiger charge is -2.21. The zero-order valence-electron chi connectivity index (χ0n) is 20.3. The van der Waals surface area contributed by atoms with Gasteiger partial charge in [0, 0.05) is 37.7 Å². The van der Waals surface area contributed by atoms with E-state index in [1.54, 1.807) is 39.5 Å². The van der Waals surface area contributed by atoms with Crippen molar-refractivity contribution in [3.63, 3.8) is 0 Å². The Morgan fingerprint density at radius 3 is 2.54 bits per heavy atom. The predicted octanol–water partition coefficient (Wildman–Crippen LogP) is 3.41. The SMILES string of the molecule is C=C/C(=C\N(CC(F)(F)F)C(=O)CNC)c1ccsc1.Cc1cn(C(C)CCN(C)C=O)c(=O)[nH]1. The highest BCUT2D eigenvalue weighted by Gasteiger charge is 2.32. The Labute approximate surface area is 206 Å². The first kappa shape index (κ1) is 29.9. The van der Waals surface area contributed by atoms with E-state index in [1.807, 2.05) is 13.8 Å². The second kappa shape index (κ2) is 14.3. The van der Waals surface area contributed by atoms with Crippen LogP contribution in [0.5, 0.6) is 0 Å². The van der Waals surface area contributed by atoms with Crippen LogP contribution in [-0.4, -0.2) is 71.6 Å². The van der Waals surface area contributed by atoms with E-state index >= 15 is 0 Å². The summed E-state index contributed by atoms with van der Waals surface area (Å²) in [6.07, 6.45) is 1.51. The van der Waals surface area contributed by atoms with Crippen molar-refractivity contribution in [3.8, 4) is 0 Å². The van der Waals surface area contributed by atoms with Gasteiger partial charge in [-0.15, -0.1) is 0 Å². The van der Waals surface area contributed by atoms with E-state index in [0.717, 1.165) is 24.1 Å². The minimum atomic E-state index is -4.46. The van der Waals surface area contributed by atoms with Gasteiger partial charge in [0.05, 0.1) is 6.54 Å². The predicted molar refractivity (Wildman–Crippen MR) is 132 cm³/mol. The Morgan fingerprint density at radius 1 is 1.40 bits per heavy atom.